The van der Waals surface area contributed by atoms with Gasteiger partial charge in [-0.25, -0.2) is 0 Å². The molecule has 0 fully saturated rings. The van der Waals surface area contributed by atoms with Crippen LogP contribution in [-0.2, 0) is 17.9 Å². The number of amides is 1. The Bertz CT molecular complexity index is 1240. The highest BCUT2D eigenvalue weighted by Gasteiger charge is 2.14. The highest BCUT2D eigenvalue weighted by Crippen LogP contribution is 2.24. The third-order valence-electron chi connectivity index (χ3n) is 5.16. The minimum absolute atomic E-state index is 0.184. The lowest BCUT2D eigenvalue weighted by Crippen LogP contribution is -2.29. The van der Waals surface area contributed by atoms with Crippen molar-refractivity contribution >= 4 is 12.0 Å². The monoisotopic (exact) mass is 436 g/mol. The first-order valence-electron chi connectivity index (χ1n) is 10.8. The van der Waals surface area contributed by atoms with Crippen LogP contribution >= 0.6 is 0 Å². The van der Waals surface area contributed by atoms with Gasteiger partial charge in [0.1, 0.15) is 5.76 Å². The Morgan fingerprint density at radius 1 is 1.06 bits per heavy atom. The summed E-state index contributed by atoms with van der Waals surface area (Å²) in [7, 11) is 0. The molecule has 2 aromatic heterocycles. The molecule has 0 spiro atoms. The van der Waals surface area contributed by atoms with E-state index in [4.69, 9.17) is 14.8 Å². The molecule has 0 saturated heterocycles. The molecule has 0 atom stereocenters. The fourth-order valence-electron chi connectivity index (χ4n) is 3.54. The van der Waals surface area contributed by atoms with Crippen LogP contribution in [0.1, 0.15) is 23.3 Å². The van der Waals surface area contributed by atoms with Crippen molar-refractivity contribution in [3.05, 3.63) is 108 Å². The SMILES string of the molecule is N#CCCN(Cc1ccco1)C(=O)/C=C\c1cn(Cc2ccccc2)nc1-c1ccccc1. The molecule has 33 heavy (non-hydrogen) atoms. The third kappa shape index (κ3) is 5.86. The molecule has 6 nitrogen and oxygen atoms in total. The van der Waals surface area contributed by atoms with E-state index in [1.807, 2.05) is 65.5 Å². The smallest absolute Gasteiger partial charge is 0.247 e. The second-order valence-electron chi connectivity index (χ2n) is 7.56. The number of nitrogens with zero attached hydrogens (tertiary/aromatic N) is 4. The maximum absolute atomic E-state index is 13.0. The van der Waals surface area contributed by atoms with Gasteiger partial charge in [0.2, 0.25) is 5.91 Å². The van der Waals surface area contributed by atoms with Gasteiger partial charge in [-0.05, 0) is 23.8 Å². The number of aromatic nitrogens is 2. The van der Waals surface area contributed by atoms with Gasteiger partial charge in [0.15, 0.2) is 0 Å². The number of nitriles is 1. The Kier molecular flexibility index (Phi) is 7.14. The lowest BCUT2D eigenvalue weighted by atomic mass is 10.1. The fraction of sp³-hybridized carbons (Fsp3) is 0.148. The third-order valence-corrected chi connectivity index (χ3v) is 5.16. The van der Waals surface area contributed by atoms with E-state index in [2.05, 4.69) is 18.2 Å². The molecule has 4 rings (SSSR count). The van der Waals surface area contributed by atoms with Crippen LogP contribution in [0, 0.1) is 11.3 Å². The molecule has 0 radical (unpaired) electrons. The largest absolute Gasteiger partial charge is 0.467 e. The standard InChI is InChI=1S/C27H24N4O2/c28-16-8-17-30(21-25-13-7-18-33-25)26(32)15-14-24-20-31(19-22-9-3-1-4-10-22)29-27(24)23-11-5-2-6-12-23/h1-7,9-15,18,20H,8,17,19,21H2/b15-14-. The summed E-state index contributed by atoms with van der Waals surface area (Å²) in [5.74, 6) is 0.492. The van der Waals surface area contributed by atoms with Gasteiger partial charge in [-0.3, -0.25) is 9.48 Å². The predicted octanol–water partition coefficient (Wildman–Crippen LogP) is 5.15. The number of carbonyl (C=O) groups is 1. The zero-order chi connectivity index (χ0) is 22.9. The Balaban J connectivity index is 1.59. The molecule has 0 unspecified atom stereocenters. The highest BCUT2D eigenvalue weighted by atomic mass is 16.3. The number of benzene rings is 2. The number of hydrogen-bond acceptors (Lipinski definition) is 4. The van der Waals surface area contributed by atoms with E-state index in [1.54, 1.807) is 23.3 Å². The van der Waals surface area contributed by atoms with E-state index < -0.39 is 0 Å². The zero-order valence-electron chi connectivity index (χ0n) is 18.2. The Hall–Kier alpha value is -4.37. The van der Waals surface area contributed by atoms with Crippen molar-refractivity contribution in [2.75, 3.05) is 6.54 Å². The lowest BCUT2D eigenvalue weighted by molar-refractivity contribution is -0.126. The van der Waals surface area contributed by atoms with Gasteiger partial charge in [-0.2, -0.15) is 10.4 Å². The van der Waals surface area contributed by atoms with Gasteiger partial charge in [0, 0.05) is 29.9 Å². The predicted molar refractivity (Wildman–Crippen MR) is 127 cm³/mol. The van der Waals surface area contributed by atoms with Gasteiger partial charge < -0.3 is 9.32 Å². The number of rotatable bonds is 9. The first-order chi connectivity index (χ1) is 16.2. The first-order valence-corrected chi connectivity index (χ1v) is 10.8. The summed E-state index contributed by atoms with van der Waals surface area (Å²) in [6.07, 6.45) is 7.11. The van der Waals surface area contributed by atoms with Crippen molar-refractivity contribution < 1.29 is 9.21 Å². The van der Waals surface area contributed by atoms with E-state index in [-0.39, 0.29) is 12.3 Å². The van der Waals surface area contributed by atoms with Crippen LogP contribution in [0.5, 0.6) is 0 Å². The van der Waals surface area contributed by atoms with Crippen molar-refractivity contribution in [3.8, 4) is 17.3 Å². The minimum atomic E-state index is -0.184. The van der Waals surface area contributed by atoms with Gasteiger partial charge in [-0.1, -0.05) is 60.7 Å². The van der Waals surface area contributed by atoms with Crippen LogP contribution in [0.4, 0.5) is 0 Å². The summed E-state index contributed by atoms with van der Waals surface area (Å²) < 4.78 is 7.27. The maximum Gasteiger partial charge on any atom is 0.247 e. The summed E-state index contributed by atoms with van der Waals surface area (Å²) in [5, 5.41) is 13.8. The summed E-state index contributed by atoms with van der Waals surface area (Å²) in [6.45, 7) is 1.28. The summed E-state index contributed by atoms with van der Waals surface area (Å²) in [5.41, 5.74) is 3.79. The second kappa shape index (κ2) is 10.8. The van der Waals surface area contributed by atoms with Crippen molar-refractivity contribution in [3.63, 3.8) is 0 Å². The molecular formula is C27H24N4O2. The summed E-state index contributed by atoms with van der Waals surface area (Å²) in [6, 6.07) is 25.7. The fourth-order valence-corrected chi connectivity index (χ4v) is 3.54. The van der Waals surface area contributed by atoms with E-state index in [9.17, 15) is 4.79 Å². The van der Waals surface area contributed by atoms with E-state index in [1.165, 1.54) is 6.08 Å². The number of hydrogen-bond donors (Lipinski definition) is 0. The minimum Gasteiger partial charge on any atom is -0.467 e. The van der Waals surface area contributed by atoms with Crippen LogP contribution in [0.3, 0.4) is 0 Å². The summed E-state index contributed by atoms with van der Waals surface area (Å²) >= 11 is 0. The molecule has 0 bridgehead atoms. The van der Waals surface area contributed by atoms with E-state index in [0.29, 0.717) is 25.4 Å². The van der Waals surface area contributed by atoms with E-state index >= 15 is 0 Å². The quantitative estimate of drug-likeness (QED) is 0.340. The number of carbonyl (C=O) groups excluding carboxylic acids is 1. The highest BCUT2D eigenvalue weighted by molar-refractivity contribution is 5.92. The van der Waals surface area contributed by atoms with Crippen LogP contribution in [0.2, 0.25) is 0 Å². The lowest BCUT2D eigenvalue weighted by Gasteiger charge is -2.18. The Morgan fingerprint density at radius 3 is 2.52 bits per heavy atom. The topological polar surface area (TPSA) is 75.1 Å². The average Bonchev–Trinajstić information content (AvgIpc) is 3.51. The van der Waals surface area contributed by atoms with Gasteiger partial charge in [-0.15, -0.1) is 0 Å². The maximum atomic E-state index is 13.0. The Morgan fingerprint density at radius 2 is 1.82 bits per heavy atom. The van der Waals surface area contributed by atoms with Crippen molar-refractivity contribution in [2.45, 2.75) is 19.5 Å². The number of furan rings is 1. The molecular weight excluding hydrogens is 412 g/mol. The molecule has 2 aromatic carbocycles. The summed E-state index contributed by atoms with van der Waals surface area (Å²) in [4.78, 5) is 14.6. The zero-order valence-corrected chi connectivity index (χ0v) is 18.2. The molecule has 6 heteroatoms. The molecule has 0 aliphatic rings. The van der Waals surface area contributed by atoms with Crippen LogP contribution in [-0.4, -0.2) is 27.1 Å². The van der Waals surface area contributed by atoms with Crippen LogP contribution in [0.15, 0.2) is 95.7 Å². The molecule has 0 aliphatic carbocycles. The average molecular weight is 437 g/mol. The molecule has 2 heterocycles. The van der Waals surface area contributed by atoms with E-state index in [0.717, 1.165) is 22.4 Å². The molecule has 0 N–H and O–H groups in total. The molecule has 1 amide bonds. The molecule has 0 aliphatic heterocycles. The molecule has 164 valence electrons. The Labute approximate surface area is 193 Å². The van der Waals surface area contributed by atoms with Crippen LogP contribution < -0.4 is 0 Å². The van der Waals surface area contributed by atoms with Gasteiger partial charge in [0.25, 0.3) is 0 Å². The van der Waals surface area contributed by atoms with Crippen molar-refractivity contribution in [1.82, 2.24) is 14.7 Å². The van der Waals surface area contributed by atoms with Gasteiger partial charge in [0.05, 0.1) is 37.5 Å². The van der Waals surface area contributed by atoms with Crippen molar-refractivity contribution in [2.24, 2.45) is 0 Å². The van der Waals surface area contributed by atoms with Crippen molar-refractivity contribution in [1.29, 1.82) is 5.26 Å². The molecule has 0 saturated carbocycles. The van der Waals surface area contributed by atoms with Crippen LogP contribution in [0.25, 0.3) is 17.3 Å². The second-order valence-corrected chi connectivity index (χ2v) is 7.56. The van der Waals surface area contributed by atoms with Gasteiger partial charge >= 0.3 is 0 Å². The first kappa shape index (κ1) is 21.8. The molecule has 4 aromatic rings. The normalized spacial score (nSPS) is 10.9.